The molecule has 0 aromatic heterocycles. The summed E-state index contributed by atoms with van der Waals surface area (Å²) in [5, 5.41) is 7.12. The van der Waals surface area contributed by atoms with E-state index < -0.39 is 29.8 Å². The number of carboxylic acid groups (broad SMARTS) is 1. The second-order valence-corrected chi connectivity index (χ2v) is 7.29. The van der Waals surface area contributed by atoms with Gasteiger partial charge in [-0.1, -0.05) is 0 Å². The second-order valence-electron chi connectivity index (χ2n) is 7.29. The number of alkyl halides is 3. The summed E-state index contributed by atoms with van der Waals surface area (Å²) >= 11 is 0. The van der Waals surface area contributed by atoms with Crippen LogP contribution in [0.5, 0.6) is 0 Å². The number of ketones is 1. The first kappa shape index (κ1) is 27.2. The first-order chi connectivity index (χ1) is 13.5. The first-order valence-corrected chi connectivity index (χ1v) is 8.88. The molecule has 1 heterocycles. The maximum Gasteiger partial charge on any atom is 0.490 e. The Bertz CT molecular complexity index is 679. The molecule has 0 unspecified atom stereocenters. The third kappa shape index (κ3) is 11.3. The van der Waals surface area contributed by atoms with E-state index in [0.29, 0.717) is 6.42 Å². The van der Waals surface area contributed by atoms with Crippen molar-refractivity contribution in [3.8, 4) is 0 Å². The number of imide groups is 1. The fourth-order valence-corrected chi connectivity index (χ4v) is 2.02. The number of hydrogen-bond donors (Lipinski definition) is 2. The maximum atomic E-state index is 11.8. The molecule has 1 atom stereocenters. The maximum absolute atomic E-state index is 11.8. The van der Waals surface area contributed by atoms with E-state index in [0.717, 1.165) is 4.90 Å². The van der Waals surface area contributed by atoms with E-state index in [2.05, 4.69) is 0 Å². The Hall–Kier alpha value is -2.76. The zero-order chi connectivity index (χ0) is 23.7. The van der Waals surface area contributed by atoms with Crippen molar-refractivity contribution >= 4 is 29.5 Å². The summed E-state index contributed by atoms with van der Waals surface area (Å²) in [5.74, 6) is -4.04. The summed E-state index contributed by atoms with van der Waals surface area (Å²) in [7, 11) is 0. The molecular weight excluding hydrogens is 413 g/mol. The number of amides is 2. The Kier molecular flexibility index (Phi) is 10.4. The summed E-state index contributed by atoms with van der Waals surface area (Å²) in [6.45, 7) is 5.46. The van der Waals surface area contributed by atoms with Crippen LogP contribution in [0.3, 0.4) is 0 Å². The summed E-state index contributed by atoms with van der Waals surface area (Å²) in [5.41, 5.74) is 5.10. The van der Waals surface area contributed by atoms with E-state index in [1.165, 1.54) is 12.2 Å². The van der Waals surface area contributed by atoms with Crippen LogP contribution in [0.2, 0.25) is 0 Å². The molecule has 1 rings (SSSR count). The van der Waals surface area contributed by atoms with E-state index in [-0.39, 0.29) is 43.4 Å². The molecule has 1 aliphatic heterocycles. The first-order valence-electron chi connectivity index (χ1n) is 8.88. The zero-order valence-corrected chi connectivity index (χ0v) is 16.8. The third-order valence-corrected chi connectivity index (χ3v) is 3.42. The van der Waals surface area contributed by atoms with Crippen LogP contribution in [0.1, 0.15) is 46.5 Å². The fraction of sp³-hybridized carbons (Fsp3) is 0.611. The molecule has 0 aromatic rings. The number of aliphatic carboxylic acids is 1. The normalized spacial score (nSPS) is 14.8. The number of nitrogens with two attached hydrogens (primary N) is 1. The number of nitrogens with zero attached hydrogens (tertiary/aromatic N) is 1. The number of ether oxygens (including phenoxy) is 1. The van der Waals surface area contributed by atoms with Gasteiger partial charge in [-0.2, -0.15) is 13.2 Å². The van der Waals surface area contributed by atoms with Gasteiger partial charge in [-0.25, -0.2) is 4.79 Å². The highest BCUT2D eigenvalue weighted by Gasteiger charge is 2.38. The molecule has 3 N–H and O–H groups in total. The highest BCUT2D eigenvalue weighted by atomic mass is 19.4. The van der Waals surface area contributed by atoms with Crippen molar-refractivity contribution in [2.24, 2.45) is 5.73 Å². The number of Topliss-reactive ketones (excluding diaryl/α,β-unsaturated/α-hetero) is 1. The van der Waals surface area contributed by atoms with Crippen molar-refractivity contribution in [1.29, 1.82) is 0 Å². The van der Waals surface area contributed by atoms with Gasteiger partial charge in [0.2, 0.25) is 0 Å². The minimum absolute atomic E-state index is 0.0592. The quantitative estimate of drug-likeness (QED) is 0.427. The predicted octanol–water partition coefficient (Wildman–Crippen LogP) is 1.34. The van der Waals surface area contributed by atoms with Gasteiger partial charge < -0.3 is 15.6 Å². The van der Waals surface area contributed by atoms with Crippen LogP contribution in [0.4, 0.5) is 13.2 Å². The number of carbonyl (C=O) groups excluding carboxylic acids is 4. The van der Waals surface area contributed by atoms with Gasteiger partial charge in [0.1, 0.15) is 17.4 Å². The molecule has 0 fully saturated rings. The predicted molar refractivity (Wildman–Crippen MR) is 96.8 cm³/mol. The number of hydrogen-bond acceptors (Lipinski definition) is 7. The van der Waals surface area contributed by atoms with Crippen LogP contribution in [-0.4, -0.2) is 63.9 Å². The lowest BCUT2D eigenvalue weighted by Crippen LogP contribution is -2.37. The van der Waals surface area contributed by atoms with Gasteiger partial charge in [0.05, 0.1) is 0 Å². The second kappa shape index (κ2) is 11.4. The Morgan fingerprint density at radius 2 is 1.57 bits per heavy atom. The van der Waals surface area contributed by atoms with Gasteiger partial charge in [0, 0.05) is 31.5 Å². The summed E-state index contributed by atoms with van der Waals surface area (Å²) < 4.78 is 36.9. The lowest BCUT2D eigenvalue weighted by Gasteiger charge is -2.22. The Balaban J connectivity index is 0.00000103. The van der Waals surface area contributed by atoms with Crippen LogP contribution in [0.15, 0.2) is 12.2 Å². The van der Waals surface area contributed by atoms with Gasteiger partial charge >= 0.3 is 18.1 Å². The molecular formula is C18H25F3N2O7. The van der Waals surface area contributed by atoms with Crippen molar-refractivity contribution in [2.45, 2.75) is 64.3 Å². The lowest BCUT2D eigenvalue weighted by atomic mass is 10.1. The molecule has 1 aliphatic rings. The molecule has 30 heavy (non-hydrogen) atoms. The molecule has 0 aliphatic carbocycles. The molecule has 0 saturated heterocycles. The van der Waals surface area contributed by atoms with Crippen LogP contribution in [0.25, 0.3) is 0 Å². The molecule has 0 saturated carbocycles. The van der Waals surface area contributed by atoms with Crippen molar-refractivity contribution in [1.82, 2.24) is 4.90 Å². The molecule has 2 amide bonds. The topological polar surface area (TPSA) is 144 Å². The Morgan fingerprint density at radius 1 is 1.10 bits per heavy atom. The minimum atomic E-state index is -5.08. The van der Waals surface area contributed by atoms with E-state index in [1.807, 2.05) is 0 Å². The average Bonchev–Trinajstić information content (AvgIpc) is 2.89. The lowest BCUT2D eigenvalue weighted by molar-refractivity contribution is -0.192. The van der Waals surface area contributed by atoms with Gasteiger partial charge in [0.15, 0.2) is 0 Å². The SMILES string of the molecule is CC(C)(C)OC(=O)[C@@H](N)CCC(=O)CCCN1C(=O)C=CC1=O.O=C(O)C(F)(F)F. The number of carboxylic acids is 1. The standard InChI is InChI=1S/C16H24N2O5.C2HF3O2/c1-16(2,3)23-15(22)12(17)7-6-11(19)5-4-10-18-13(20)8-9-14(18)21;3-2(4,5)1(6)7/h8-9,12H,4-7,10,17H2,1-3H3;(H,6,7)/t12-;/m0./s1. The van der Waals surface area contributed by atoms with E-state index >= 15 is 0 Å². The van der Waals surface area contributed by atoms with Crippen LogP contribution >= 0.6 is 0 Å². The van der Waals surface area contributed by atoms with Crippen LogP contribution in [0, 0.1) is 0 Å². The number of halogens is 3. The molecule has 12 heteroatoms. The van der Waals surface area contributed by atoms with Gasteiger partial charge in [-0.05, 0) is 33.6 Å². The van der Waals surface area contributed by atoms with Gasteiger partial charge in [-0.15, -0.1) is 0 Å². The summed E-state index contributed by atoms with van der Waals surface area (Å²) in [6, 6.07) is -0.830. The highest BCUT2D eigenvalue weighted by molar-refractivity contribution is 6.12. The molecule has 170 valence electrons. The van der Waals surface area contributed by atoms with E-state index in [9.17, 15) is 32.3 Å². The summed E-state index contributed by atoms with van der Waals surface area (Å²) in [6.07, 6.45) is -1.64. The van der Waals surface area contributed by atoms with Crippen LogP contribution < -0.4 is 5.73 Å². The molecule has 0 aromatic carbocycles. The van der Waals surface area contributed by atoms with Gasteiger partial charge in [0.25, 0.3) is 11.8 Å². The number of carbonyl (C=O) groups is 5. The number of esters is 1. The Labute approximate surface area is 171 Å². The minimum Gasteiger partial charge on any atom is -0.475 e. The number of rotatable bonds is 8. The molecule has 9 nitrogen and oxygen atoms in total. The molecule has 0 radical (unpaired) electrons. The fourth-order valence-electron chi connectivity index (χ4n) is 2.02. The molecule has 0 spiro atoms. The van der Waals surface area contributed by atoms with E-state index in [4.69, 9.17) is 20.4 Å². The monoisotopic (exact) mass is 438 g/mol. The third-order valence-electron chi connectivity index (χ3n) is 3.42. The largest absolute Gasteiger partial charge is 0.490 e. The average molecular weight is 438 g/mol. The highest BCUT2D eigenvalue weighted by Crippen LogP contribution is 2.13. The zero-order valence-electron chi connectivity index (χ0n) is 16.8. The van der Waals surface area contributed by atoms with Crippen molar-refractivity contribution in [2.75, 3.05) is 6.54 Å². The van der Waals surface area contributed by atoms with Crippen molar-refractivity contribution in [3.63, 3.8) is 0 Å². The van der Waals surface area contributed by atoms with Crippen molar-refractivity contribution in [3.05, 3.63) is 12.2 Å². The Morgan fingerprint density at radius 3 is 1.97 bits per heavy atom. The molecule has 0 bridgehead atoms. The van der Waals surface area contributed by atoms with E-state index in [1.54, 1.807) is 20.8 Å². The van der Waals surface area contributed by atoms with Crippen LogP contribution in [-0.2, 0) is 28.7 Å². The summed E-state index contributed by atoms with van der Waals surface area (Å²) in [4.78, 5) is 56.1. The van der Waals surface area contributed by atoms with Gasteiger partial charge in [-0.3, -0.25) is 24.1 Å². The smallest absolute Gasteiger partial charge is 0.475 e. The van der Waals surface area contributed by atoms with Crippen molar-refractivity contribution < 1.29 is 47.0 Å².